The van der Waals surface area contributed by atoms with Crippen molar-refractivity contribution in [2.45, 2.75) is 5.25 Å². The zero-order valence-corrected chi connectivity index (χ0v) is 11.5. The fourth-order valence-corrected chi connectivity index (χ4v) is 4.23. The first-order valence-electron chi connectivity index (χ1n) is 5.70. The van der Waals surface area contributed by atoms with Crippen LogP contribution in [-0.2, 0) is 0 Å². The lowest BCUT2D eigenvalue weighted by molar-refractivity contribution is 0.0954. The van der Waals surface area contributed by atoms with E-state index in [9.17, 15) is 4.79 Å². The summed E-state index contributed by atoms with van der Waals surface area (Å²) in [7, 11) is 0. The maximum atomic E-state index is 11.9. The quantitative estimate of drug-likeness (QED) is 0.564. The van der Waals surface area contributed by atoms with Crippen LogP contribution < -0.4 is 16.6 Å². The van der Waals surface area contributed by atoms with Crippen molar-refractivity contribution in [2.24, 2.45) is 5.84 Å². The summed E-state index contributed by atoms with van der Waals surface area (Å²) in [5.41, 5.74) is 3.00. The number of carbonyl (C=O) groups is 1. The highest BCUT2D eigenvalue weighted by Crippen LogP contribution is 2.23. The smallest absolute Gasteiger partial charge is 0.251 e. The molecule has 0 saturated carbocycles. The van der Waals surface area contributed by atoms with Gasteiger partial charge >= 0.3 is 0 Å². The maximum absolute atomic E-state index is 11.9. The molecule has 2 heterocycles. The molecular weight excluding hydrogens is 268 g/mol. The topological polar surface area (TPSA) is 80.0 Å². The Hall–Kier alpha value is -0.920. The highest BCUT2D eigenvalue weighted by atomic mass is 32.2. The first-order valence-corrected chi connectivity index (χ1v) is 7.90. The van der Waals surface area contributed by atoms with Crippen LogP contribution in [0.3, 0.4) is 0 Å². The summed E-state index contributed by atoms with van der Waals surface area (Å²) in [5, 5.41) is 3.47. The normalized spacial score (nSPS) is 19.3. The van der Waals surface area contributed by atoms with Gasteiger partial charge in [-0.25, -0.2) is 10.8 Å². The molecule has 0 bridgehead atoms. The lowest BCUT2D eigenvalue weighted by atomic mass is 10.2. The van der Waals surface area contributed by atoms with Crippen molar-refractivity contribution >= 4 is 35.2 Å². The van der Waals surface area contributed by atoms with E-state index in [1.165, 1.54) is 11.5 Å². The molecule has 0 aliphatic carbocycles. The van der Waals surface area contributed by atoms with Crippen LogP contribution in [0, 0.1) is 0 Å². The Labute approximate surface area is 115 Å². The van der Waals surface area contributed by atoms with Crippen molar-refractivity contribution in [3.8, 4) is 0 Å². The van der Waals surface area contributed by atoms with Crippen LogP contribution >= 0.6 is 23.5 Å². The standard InChI is InChI=1S/C11H16N4OS2/c12-15-10-5-8(1-2-13-10)11(16)14-6-9-7-17-3-4-18-9/h1-2,5,9H,3-4,6-7,12H2,(H,13,15)(H,14,16). The van der Waals surface area contributed by atoms with Crippen LogP contribution in [0.25, 0.3) is 0 Å². The van der Waals surface area contributed by atoms with Crippen LogP contribution in [0.1, 0.15) is 10.4 Å². The Kier molecular flexibility index (Phi) is 5.15. The van der Waals surface area contributed by atoms with E-state index in [0.717, 1.165) is 5.75 Å². The van der Waals surface area contributed by atoms with Crippen molar-refractivity contribution in [3.05, 3.63) is 23.9 Å². The summed E-state index contributed by atoms with van der Waals surface area (Å²) >= 11 is 3.88. The van der Waals surface area contributed by atoms with Crippen LogP contribution in [0.2, 0.25) is 0 Å². The zero-order chi connectivity index (χ0) is 12.8. The Morgan fingerprint density at radius 3 is 3.17 bits per heavy atom. The number of nitrogens with zero attached hydrogens (tertiary/aromatic N) is 1. The largest absolute Gasteiger partial charge is 0.351 e. The molecule has 0 aromatic carbocycles. The predicted molar refractivity (Wildman–Crippen MR) is 78.0 cm³/mol. The van der Waals surface area contributed by atoms with Gasteiger partial charge < -0.3 is 10.7 Å². The van der Waals surface area contributed by atoms with Crippen LogP contribution in [-0.4, -0.2) is 39.9 Å². The molecule has 0 spiro atoms. The van der Waals surface area contributed by atoms with Gasteiger partial charge in [0, 0.05) is 40.8 Å². The molecule has 1 saturated heterocycles. The van der Waals surface area contributed by atoms with Gasteiger partial charge in [-0.1, -0.05) is 0 Å². The lowest BCUT2D eigenvalue weighted by Gasteiger charge is -2.21. The molecule has 18 heavy (non-hydrogen) atoms. The molecule has 0 radical (unpaired) electrons. The fourth-order valence-electron chi connectivity index (χ4n) is 1.61. The average Bonchev–Trinajstić information content (AvgIpc) is 2.46. The highest BCUT2D eigenvalue weighted by Gasteiger charge is 2.15. The van der Waals surface area contributed by atoms with Crippen molar-refractivity contribution in [1.29, 1.82) is 0 Å². The van der Waals surface area contributed by atoms with Crippen molar-refractivity contribution in [2.75, 3.05) is 29.2 Å². The molecule has 98 valence electrons. The van der Waals surface area contributed by atoms with Crippen LogP contribution in [0.15, 0.2) is 18.3 Å². The van der Waals surface area contributed by atoms with E-state index < -0.39 is 0 Å². The number of aromatic nitrogens is 1. The second-order valence-corrected chi connectivity index (χ2v) is 6.41. The van der Waals surface area contributed by atoms with E-state index in [1.807, 2.05) is 23.5 Å². The van der Waals surface area contributed by atoms with E-state index in [0.29, 0.717) is 23.2 Å². The number of carbonyl (C=O) groups excluding carboxylic acids is 1. The van der Waals surface area contributed by atoms with E-state index in [1.54, 1.807) is 18.3 Å². The summed E-state index contributed by atoms with van der Waals surface area (Å²) in [6, 6.07) is 3.32. The van der Waals surface area contributed by atoms with E-state index in [4.69, 9.17) is 5.84 Å². The third-order valence-corrected chi connectivity index (χ3v) is 5.39. The Balaban J connectivity index is 1.86. The minimum atomic E-state index is -0.0786. The molecular formula is C11H16N4OS2. The molecule has 1 aromatic heterocycles. The van der Waals surface area contributed by atoms with Gasteiger partial charge in [0.2, 0.25) is 0 Å². The number of nitrogens with one attached hydrogen (secondary N) is 2. The Bertz CT molecular complexity index is 410. The molecule has 1 amide bonds. The molecule has 4 N–H and O–H groups in total. The van der Waals surface area contributed by atoms with Crippen molar-refractivity contribution < 1.29 is 4.79 Å². The summed E-state index contributed by atoms with van der Waals surface area (Å²) in [6.45, 7) is 0.713. The van der Waals surface area contributed by atoms with Gasteiger partial charge in [-0.3, -0.25) is 4.79 Å². The molecule has 2 rings (SSSR count). The average molecular weight is 284 g/mol. The van der Waals surface area contributed by atoms with Gasteiger partial charge in [0.15, 0.2) is 0 Å². The number of anilines is 1. The van der Waals surface area contributed by atoms with Gasteiger partial charge in [0.1, 0.15) is 5.82 Å². The number of thioether (sulfide) groups is 2. The third-order valence-electron chi connectivity index (χ3n) is 2.55. The molecule has 7 heteroatoms. The maximum Gasteiger partial charge on any atom is 0.251 e. The second-order valence-electron chi connectivity index (χ2n) is 3.85. The van der Waals surface area contributed by atoms with Gasteiger partial charge in [-0.2, -0.15) is 23.5 Å². The fraction of sp³-hybridized carbons (Fsp3) is 0.455. The van der Waals surface area contributed by atoms with Gasteiger partial charge in [-0.05, 0) is 12.1 Å². The zero-order valence-electron chi connectivity index (χ0n) is 9.89. The van der Waals surface area contributed by atoms with Gasteiger partial charge in [-0.15, -0.1) is 0 Å². The summed E-state index contributed by atoms with van der Waals surface area (Å²) in [6.07, 6.45) is 1.56. The molecule has 1 aliphatic heterocycles. The van der Waals surface area contributed by atoms with Gasteiger partial charge in [0.05, 0.1) is 0 Å². The third kappa shape index (κ3) is 3.79. The van der Waals surface area contributed by atoms with E-state index in [-0.39, 0.29) is 5.91 Å². The lowest BCUT2D eigenvalue weighted by Crippen LogP contribution is -2.33. The minimum absolute atomic E-state index is 0.0786. The first-order chi connectivity index (χ1) is 8.79. The summed E-state index contributed by atoms with van der Waals surface area (Å²) < 4.78 is 0. The number of amides is 1. The molecule has 5 nitrogen and oxygen atoms in total. The molecule has 1 aromatic rings. The highest BCUT2D eigenvalue weighted by molar-refractivity contribution is 8.06. The number of rotatable bonds is 4. The first kappa shape index (κ1) is 13.5. The molecule has 1 unspecified atom stereocenters. The van der Waals surface area contributed by atoms with Gasteiger partial charge in [0.25, 0.3) is 5.91 Å². The number of pyridine rings is 1. The number of nitrogens with two attached hydrogens (primary N) is 1. The molecule has 1 fully saturated rings. The summed E-state index contributed by atoms with van der Waals surface area (Å²) in [4.78, 5) is 15.9. The number of hydrogen-bond donors (Lipinski definition) is 3. The van der Waals surface area contributed by atoms with E-state index >= 15 is 0 Å². The van der Waals surface area contributed by atoms with Crippen molar-refractivity contribution in [1.82, 2.24) is 10.3 Å². The van der Waals surface area contributed by atoms with Crippen LogP contribution in [0.5, 0.6) is 0 Å². The van der Waals surface area contributed by atoms with E-state index in [2.05, 4.69) is 15.7 Å². The number of hydrogen-bond acceptors (Lipinski definition) is 6. The SMILES string of the molecule is NNc1cc(C(=O)NCC2CSCCS2)ccn1. The van der Waals surface area contributed by atoms with Crippen LogP contribution in [0.4, 0.5) is 5.82 Å². The minimum Gasteiger partial charge on any atom is -0.351 e. The Morgan fingerprint density at radius 2 is 2.44 bits per heavy atom. The summed E-state index contributed by atoms with van der Waals surface area (Å²) in [5.74, 6) is 9.16. The Morgan fingerprint density at radius 1 is 1.56 bits per heavy atom. The monoisotopic (exact) mass is 284 g/mol. The molecule has 1 atom stereocenters. The molecule has 1 aliphatic rings. The number of hydrazine groups is 1. The number of nitrogen functional groups attached to an aromatic ring is 1. The second kappa shape index (κ2) is 6.86. The van der Waals surface area contributed by atoms with Crippen molar-refractivity contribution in [3.63, 3.8) is 0 Å². The predicted octanol–water partition coefficient (Wildman–Crippen LogP) is 0.946.